The van der Waals surface area contributed by atoms with Gasteiger partial charge in [0.05, 0.1) is 6.04 Å². The van der Waals surface area contributed by atoms with Gasteiger partial charge in [0.25, 0.3) is 0 Å². The van der Waals surface area contributed by atoms with Gasteiger partial charge in [0.1, 0.15) is 6.04 Å². The van der Waals surface area contributed by atoms with Gasteiger partial charge in [-0.3, -0.25) is 14.5 Å². The molecule has 2 fully saturated rings. The van der Waals surface area contributed by atoms with E-state index in [1.165, 1.54) is 4.90 Å². The molecule has 17 heavy (non-hydrogen) atoms. The molecule has 6 nitrogen and oxygen atoms in total. The summed E-state index contributed by atoms with van der Waals surface area (Å²) in [7, 11) is 0. The van der Waals surface area contributed by atoms with Crippen molar-refractivity contribution in [3.05, 3.63) is 0 Å². The van der Waals surface area contributed by atoms with Crippen LogP contribution in [0.15, 0.2) is 0 Å². The van der Waals surface area contributed by atoms with Crippen LogP contribution < -0.4 is 0 Å². The Labute approximate surface area is 99.2 Å². The number of likely N-dealkylation sites (N-methyl/N-ethyl adjacent to an activating group) is 1. The van der Waals surface area contributed by atoms with E-state index in [1.54, 1.807) is 0 Å². The SMILES string of the molecule is CCN(CC)C1C(=O)N2C(C(=O)O)C(=O)CC12. The van der Waals surface area contributed by atoms with Gasteiger partial charge in [-0.05, 0) is 13.1 Å². The average molecular weight is 240 g/mol. The molecule has 1 N–H and O–H groups in total. The van der Waals surface area contributed by atoms with Crippen molar-refractivity contribution in [2.45, 2.75) is 38.4 Å². The second-order valence-corrected chi connectivity index (χ2v) is 4.39. The fourth-order valence-corrected chi connectivity index (χ4v) is 2.83. The van der Waals surface area contributed by atoms with E-state index in [0.717, 1.165) is 13.1 Å². The molecule has 6 heteroatoms. The molecule has 94 valence electrons. The van der Waals surface area contributed by atoms with Crippen LogP contribution in [0.25, 0.3) is 0 Å². The number of nitrogens with zero attached hydrogens (tertiary/aromatic N) is 2. The number of rotatable bonds is 4. The maximum atomic E-state index is 11.9. The first-order valence-electron chi connectivity index (χ1n) is 5.84. The standard InChI is InChI=1S/C11H16N2O4/c1-3-12(4-2)8-6-5-7(14)9(11(16)17)13(6)10(8)15/h6,8-9H,3-5H2,1-2H3,(H,16,17). The van der Waals surface area contributed by atoms with E-state index in [0.29, 0.717) is 0 Å². The summed E-state index contributed by atoms with van der Waals surface area (Å²) in [6.45, 7) is 5.35. The summed E-state index contributed by atoms with van der Waals surface area (Å²) in [5.41, 5.74) is 0. The van der Waals surface area contributed by atoms with Crippen LogP contribution in [-0.4, -0.2) is 63.8 Å². The first kappa shape index (κ1) is 12.0. The molecule has 0 radical (unpaired) electrons. The zero-order valence-corrected chi connectivity index (χ0v) is 9.92. The number of amides is 1. The molecule has 0 aromatic rings. The van der Waals surface area contributed by atoms with Crippen LogP contribution in [0.4, 0.5) is 0 Å². The minimum atomic E-state index is -1.25. The number of carbonyl (C=O) groups is 3. The van der Waals surface area contributed by atoms with Gasteiger partial charge in [-0.25, -0.2) is 4.79 Å². The van der Waals surface area contributed by atoms with Crippen molar-refractivity contribution in [3.63, 3.8) is 0 Å². The first-order chi connectivity index (χ1) is 8.02. The van der Waals surface area contributed by atoms with Crippen LogP contribution >= 0.6 is 0 Å². The Balaban J connectivity index is 2.19. The van der Waals surface area contributed by atoms with Gasteiger partial charge in [0.2, 0.25) is 5.91 Å². The molecular weight excluding hydrogens is 224 g/mol. The minimum Gasteiger partial charge on any atom is -0.479 e. The van der Waals surface area contributed by atoms with Crippen molar-refractivity contribution in [1.82, 2.24) is 9.80 Å². The van der Waals surface area contributed by atoms with Crippen LogP contribution in [0, 0.1) is 0 Å². The van der Waals surface area contributed by atoms with Crippen LogP contribution in [-0.2, 0) is 14.4 Å². The Bertz CT molecular complexity index is 378. The molecule has 0 aliphatic carbocycles. The van der Waals surface area contributed by atoms with Gasteiger partial charge in [-0.1, -0.05) is 13.8 Å². The summed E-state index contributed by atoms with van der Waals surface area (Å²) < 4.78 is 0. The molecule has 0 aromatic heterocycles. The molecule has 3 atom stereocenters. The lowest BCUT2D eigenvalue weighted by Crippen LogP contribution is -2.70. The average Bonchev–Trinajstić information content (AvgIpc) is 2.59. The highest BCUT2D eigenvalue weighted by Gasteiger charge is 2.61. The third kappa shape index (κ3) is 1.55. The first-order valence-corrected chi connectivity index (χ1v) is 5.84. The van der Waals surface area contributed by atoms with E-state index >= 15 is 0 Å². The Hall–Kier alpha value is -1.43. The van der Waals surface area contributed by atoms with Crippen molar-refractivity contribution >= 4 is 17.7 Å². The van der Waals surface area contributed by atoms with Gasteiger partial charge in [0.15, 0.2) is 11.8 Å². The van der Waals surface area contributed by atoms with Crippen molar-refractivity contribution < 1.29 is 19.5 Å². The van der Waals surface area contributed by atoms with E-state index in [-0.39, 0.29) is 30.2 Å². The molecular formula is C11H16N2O4. The molecule has 0 bridgehead atoms. The normalized spacial score (nSPS) is 31.7. The number of fused-ring (bicyclic) bond motifs is 1. The van der Waals surface area contributed by atoms with Crippen molar-refractivity contribution in [1.29, 1.82) is 0 Å². The Morgan fingerprint density at radius 3 is 2.47 bits per heavy atom. The van der Waals surface area contributed by atoms with Crippen molar-refractivity contribution in [2.24, 2.45) is 0 Å². The Morgan fingerprint density at radius 1 is 1.41 bits per heavy atom. The largest absolute Gasteiger partial charge is 0.479 e. The van der Waals surface area contributed by atoms with Gasteiger partial charge >= 0.3 is 5.97 Å². The number of β-lactam (4-membered cyclic amide) rings is 1. The fraction of sp³-hybridized carbons (Fsp3) is 0.727. The number of aliphatic carboxylic acids is 1. The monoisotopic (exact) mass is 240 g/mol. The number of carbonyl (C=O) groups excluding carboxylic acids is 2. The lowest BCUT2D eigenvalue weighted by Gasteiger charge is -2.48. The zero-order chi connectivity index (χ0) is 12.7. The fourth-order valence-electron chi connectivity index (χ4n) is 2.83. The summed E-state index contributed by atoms with van der Waals surface area (Å²) in [5.74, 6) is -1.80. The highest BCUT2D eigenvalue weighted by molar-refractivity contribution is 6.11. The third-order valence-electron chi connectivity index (χ3n) is 3.66. The molecule has 2 rings (SSSR count). The Morgan fingerprint density at radius 2 is 2.00 bits per heavy atom. The molecule has 0 spiro atoms. The lowest BCUT2D eigenvalue weighted by atomic mass is 9.94. The van der Waals surface area contributed by atoms with E-state index in [9.17, 15) is 14.4 Å². The van der Waals surface area contributed by atoms with Crippen molar-refractivity contribution in [3.8, 4) is 0 Å². The summed E-state index contributed by atoms with van der Waals surface area (Å²) in [6.07, 6.45) is 0.171. The van der Waals surface area contributed by atoms with Gasteiger partial charge < -0.3 is 10.0 Å². The summed E-state index contributed by atoms with van der Waals surface area (Å²) in [5, 5.41) is 8.93. The van der Waals surface area contributed by atoms with Gasteiger partial charge in [-0.2, -0.15) is 0 Å². The van der Waals surface area contributed by atoms with Crippen LogP contribution in [0.1, 0.15) is 20.3 Å². The van der Waals surface area contributed by atoms with Crippen LogP contribution in [0.5, 0.6) is 0 Å². The lowest BCUT2D eigenvalue weighted by molar-refractivity contribution is -0.166. The molecule has 0 saturated carbocycles. The van der Waals surface area contributed by atoms with Gasteiger partial charge in [-0.15, -0.1) is 0 Å². The molecule has 2 saturated heterocycles. The number of hydrogen-bond donors (Lipinski definition) is 1. The molecule has 3 unspecified atom stereocenters. The maximum Gasteiger partial charge on any atom is 0.334 e. The highest BCUT2D eigenvalue weighted by atomic mass is 16.4. The number of Topliss-reactive ketones (excluding diaryl/α,β-unsaturated/α-hetero) is 1. The predicted molar refractivity (Wildman–Crippen MR) is 58.4 cm³/mol. The number of carboxylic acid groups (broad SMARTS) is 1. The molecule has 2 aliphatic rings. The second kappa shape index (κ2) is 4.10. The van der Waals surface area contributed by atoms with E-state index < -0.39 is 12.0 Å². The molecule has 0 aromatic carbocycles. The maximum absolute atomic E-state index is 11.9. The predicted octanol–water partition coefficient (Wildman–Crippen LogP) is -0.666. The minimum absolute atomic E-state index is 0.171. The highest BCUT2D eigenvalue weighted by Crippen LogP contribution is 2.36. The van der Waals surface area contributed by atoms with Crippen LogP contribution in [0.3, 0.4) is 0 Å². The number of carboxylic acids is 1. The molecule has 2 aliphatic heterocycles. The number of hydrogen-bond acceptors (Lipinski definition) is 4. The smallest absolute Gasteiger partial charge is 0.334 e. The van der Waals surface area contributed by atoms with Crippen molar-refractivity contribution in [2.75, 3.05) is 13.1 Å². The quantitative estimate of drug-likeness (QED) is 0.521. The summed E-state index contributed by atoms with van der Waals surface area (Å²) in [4.78, 5) is 37.6. The zero-order valence-electron chi connectivity index (χ0n) is 9.92. The van der Waals surface area contributed by atoms with E-state index in [4.69, 9.17) is 5.11 Å². The van der Waals surface area contributed by atoms with E-state index in [1.807, 2.05) is 18.7 Å². The van der Waals surface area contributed by atoms with Gasteiger partial charge in [0, 0.05) is 6.42 Å². The summed E-state index contributed by atoms with van der Waals surface area (Å²) >= 11 is 0. The Kier molecular flexibility index (Phi) is 2.91. The molecule has 2 heterocycles. The third-order valence-corrected chi connectivity index (χ3v) is 3.66. The van der Waals surface area contributed by atoms with E-state index in [2.05, 4.69) is 0 Å². The van der Waals surface area contributed by atoms with Crippen LogP contribution in [0.2, 0.25) is 0 Å². The summed E-state index contributed by atoms with van der Waals surface area (Å²) in [6, 6.07) is -1.80. The topological polar surface area (TPSA) is 77.9 Å². The number of ketones is 1. The second-order valence-electron chi connectivity index (χ2n) is 4.39. The molecule has 1 amide bonds.